The Morgan fingerprint density at radius 3 is 2.43 bits per heavy atom. The van der Waals surface area contributed by atoms with Gasteiger partial charge in [-0.2, -0.15) is 0 Å². The van der Waals surface area contributed by atoms with Gasteiger partial charge in [-0.05, 0) is 25.9 Å². The van der Waals surface area contributed by atoms with Crippen molar-refractivity contribution in [3.63, 3.8) is 0 Å². The van der Waals surface area contributed by atoms with Gasteiger partial charge in [0, 0.05) is 14.5 Å². The fourth-order valence-corrected chi connectivity index (χ4v) is 1.50. The molecule has 0 atom stereocenters. The normalized spacial score (nSPS) is 16.4. The maximum atomic E-state index is 10.1. The van der Waals surface area contributed by atoms with Crippen LogP contribution in [0.2, 0.25) is 0 Å². The summed E-state index contributed by atoms with van der Waals surface area (Å²) >= 11 is 0. The molecule has 1 heterocycles. The first-order valence-corrected chi connectivity index (χ1v) is 4.81. The van der Waals surface area contributed by atoms with Crippen LogP contribution in [0.15, 0.2) is 0 Å². The number of nitrogens with one attached hydrogen (secondary N) is 1. The van der Waals surface area contributed by atoms with Gasteiger partial charge >= 0.3 is 6.09 Å². The highest BCUT2D eigenvalue weighted by Gasteiger charge is 2.08. The molecule has 14 heavy (non-hydrogen) atoms. The predicted molar refractivity (Wildman–Crippen MR) is 58.3 cm³/mol. The van der Waals surface area contributed by atoms with E-state index >= 15 is 0 Å². The molecule has 0 aromatic heterocycles. The van der Waals surface area contributed by atoms with Crippen molar-refractivity contribution in [2.75, 3.05) is 26.2 Å². The van der Waals surface area contributed by atoms with Crippen LogP contribution in [0.5, 0.6) is 0 Å². The third kappa shape index (κ3) is 6.32. The Hall–Kier alpha value is -1.21. The summed E-state index contributed by atoms with van der Waals surface area (Å²) in [7, 11) is 0. The Labute approximate surface area is 86.8 Å². The van der Waals surface area contributed by atoms with Crippen molar-refractivity contribution in [3.8, 4) is 12.8 Å². The Balaban J connectivity index is 0. The first kappa shape index (κ1) is 12.8. The van der Waals surface area contributed by atoms with Crippen molar-refractivity contribution < 1.29 is 11.3 Å². The monoisotopic (exact) mass is 200 g/mol. The Kier molecular flexibility index (Phi) is 7.67. The second kappa shape index (κ2) is 8.39. The van der Waals surface area contributed by atoms with Gasteiger partial charge in [0.1, 0.15) is 0 Å². The number of terminal acetylenes is 1. The van der Waals surface area contributed by atoms with Crippen molar-refractivity contribution in [1.29, 1.82) is 0 Å². The van der Waals surface area contributed by atoms with Gasteiger partial charge in [-0.25, -0.2) is 4.79 Å². The molecule has 1 aliphatic heterocycles. The minimum absolute atomic E-state index is 0. The number of carbonyl (C=O) groups is 1. The fourth-order valence-electron chi connectivity index (χ4n) is 1.50. The average Bonchev–Trinajstić information content (AvgIpc) is 2.22. The molecule has 1 rings (SSSR count). The molecular formula is C10H20N2O2. The van der Waals surface area contributed by atoms with Crippen LogP contribution < -0.4 is 5.32 Å². The minimum Gasteiger partial charge on any atom is -0.465 e. The van der Waals surface area contributed by atoms with Crippen LogP contribution in [0.1, 0.15) is 20.7 Å². The van der Waals surface area contributed by atoms with Gasteiger partial charge in [-0.15, -0.1) is 12.8 Å². The molecule has 4 heteroatoms. The van der Waals surface area contributed by atoms with Gasteiger partial charge in [-0.1, -0.05) is 6.42 Å². The van der Waals surface area contributed by atoms with E-state index in [4.69, 9.17) is 5.11 Å². The fraction of sp³-hybridized carbons (Fsp3) is 0.700. The number of piperidine rings is 1. The Morgan fingerprint density at radius 1 is 1.36 bits per heavy atom. The number of likely N-dealkylation sites (tertiary alicyclic amines) is 1. The van der Waals surface area contributed by atoms with E-state index in [9.17, 15) is 4.79 Å². The molecule has 0 aliphatic carbocycles. The van der Waals surface area contributed by atoms with Gasteiger partial charge in [0.05, 0.1) is 0 Å². The predicted octanol–water partition coefficient (Wildman–Crippen LogP) is 1.24. The summed E-state index contributed by atoms with van der Waals surface area (Å²) in [5, 5.41) is 10.7. The van der Waals surface area contributed by atoms with Crippen molar-refractivity contribution in [2.24, 2.45) is 0 Å². The lowest BCUT2D eigenvalue weighted by atomic mass is 10.1. The number of nitrogens with zero attached hydrogens (tertiary/aromatic N) is 1. The molecule has 4 nitrogen and oxygen atoms in total. The summed E-state index contributed by atoms with van der Waals surface area (Å²) in [4.78, 5) is 12.4. The highest BCUT2D eigenvalue weighted by molar-refractivity contribution is 5.64. The van der Waals surface area contributed by atoms with Crippen molar-refractivity contribution in [1.82, 2.24) is 10.2 Å². The number of hydrogen-bond donors (Lipinski definition) is 2. The summed E-state index contributed by atoms with van der Waals surface area (Å²) in [5.41, 5.74) is 0. The molecule has 0 aromatic rings. The molecule has 0 bridgehead atoms. The summed E-state index contributed by atoms with van der Waals surface area (Å²) in [6.07, 6.45) is 10.9. The Morgan fingerprint density at radius 2 is 1.93 bits per heavy atom. The van der Waals surface area contributed by atoms with E-state index in [1.165, 1.54) is 19.3 Å². The number of hydrogen-bond acceptors (Lipinski definition) is 2. The van der Waals surface area contributed by atoms with Crippen LogP contribution in [0.25, 0.3) is 0 Å². The molecular weight excluding hydrogens is 180 g/mol. The van der Waals surface area contributed by atoms with Gasteiger partial charge in [0.2, 0.25) is 0 Å². The third-order valence-electron chi connectivity index (χ3n) is 2.15. The van der Waals surface area contributed by atoms with E-state index in [1.54, 1.807) is 0 Å². The largest absolute Gasteiger partial charge is 0.465 e. The molecule has 0 saturated carbocycles. The maximum Gasteiger partial charge on any atom is 0.404 e. The van der Waals surface area contributed by atoms with Gasteiger partial charge < -0.3 is 15.3 Å². The molecule has 0 unspecified atom stereocenters. The van der Waals surface area contributed by atoms with E-state index in [2.05, 4.69) is 23.1 Å². The number of amides is 1. The molecule has 82 valence electrons. The molecule has 2 N–H and O–H groups in total. The van der Waals surface area contributed by atoms with Gasteiger partial charge in [0.25, 0.3) is 0 Å². The first-order valence-electron chi connectivity index (χ1n) is 4.81. The van der Waals surface area contributed by atoms with Gasteiger partial charge in [-0.3, -0.25) is 0 Å². The lowest BCUT2D eigenvalue weighted by molar-refractivity contribution is 0.188. The smallest absolute Gasteiger partial charge is 0.404 e. The van der Waals surface area contributed by atoms with Crippen LogP contribution in [0.4, 0.5) is 4.79 Å². The number of rotatable bonds is 3. The van der Waals surface area contributed by atoms with Gasteiger partial charge in [0.15, 0.2) is 0 Å². The van der Waals surface area contributed by atoms with Crippen molar-refractivity contribution in [3.05, 3.63) is 0 Å². The SMILES string of the molecule is C#C.O=C(O)NCCN1CCCCC1.[HH]. The zero-order valence-corrected chi connectivity index (χ0v) is 8.41. The van der Waals surface area contributed by atoms with Crippen molar-refractivity contribution >= 4 is 6.09 Å². The highest BCUT2D eigenvalue weighted by atomic mass is 16.4. The minimum atomic E-state index is -0.924. The van der Waals surface area contributed by atoms with Crippen LogP contribution in [0, 0.1) is 12.8 Å². The average molecular weight is 200 g/mol. The molecule has 0 radical (unpaired) electrons. The molecule has 0 spiro atoms. The topological polar surface area (TPSA) is 52.6 Å². The zero-order chi connectivity index (χ0) is 10.8. The van der Waals surface area contributed by atoms with E-state index in [-0.39, 0.29) is 1.43 Å². The van der Waals surface area contributed by atoms with Crippen molar-refractivity contribution in [2.45, 2.75) is 19.3 Å². The zero-order valence-electron chi connectivity index (χ0n) is 8.41. The molecule has 1 fully saturated rings. The lowest BCUT2D eigenvalue weighted by Gasteiger charge is -2.25. The van der Waals surface area contributed by atoms with E-state index in [0.29, 0.717) is 6.54 Å². The molecule has 0 aromatic carbocycles. The quantitative estimate of drug-likeness (QED) is 0.674. The lowest BCUT2D eigenvalue weighted by Crippen LogP contribution is -2.37. The third-order valence-corrected chi connectivity index (χ3v) is 2.15. The van der Waals surface area contributed by atoms with Crippen LogP contribution in [-0.2, 0) is 0 Å². The van der Waals surface area contributed by atoms with E-state index in [0.717, 1.165) is 19.6 Å². The maximum absolute atomic E-state index is 10.1. The molecule has 1 amide bonds. The first-order chi connectivity index (χ1) is 6.79. The standard InChI is InChI=1S/C8H16N2O2.C2H2.H2/c11-8(12)9-4-7-10-5-2-1-3-6-10;1-2;/h9H,1-7H2,(H,11,12);1-2H;1H. The summed E-state index contributed by atoms with van der Waals surface area (Å²) in [6, 6.07) is 0. The van der Waals surface area contributed by atoms with Crippen LogP contribution in [0.3, 0.4) is 0 Å². The highest BCUT2D eigenvalue weighted by Crippen LogP contribution is 2.06. The second-order valence-corrected chi connectivity index (χ2v) is 3.13. The second-order valence-electron chi connectivity index (χ2n) is 3.13. The Bertz CT molecular complexity index is 180. The summed E-state index contributed by atoms with van der Waals surface area (Å²) < 4.78 is 0. The summed E-state index contributed by atoms with van der Waals surface area (Å²) in [6.45, 7) is 3.66. The molecule has 1 saturated heterocycles. The number of carboxylic acid groups (broad SMARTS) is 1. The van der Waals surface area contributed by atoms with E-state index < -0.39 is 6.09 Å². The molecule has 1 aliphatic rings. The summed E-state index contributed by atoms with van der Waals surface area (Å²) in [5.74, 6) is 0. The van der Waals surface area contributed by atoms with E-state index in [1.807, 2.05) is 0 Å². The van der Waals surface area contributed by atoms with Crippen LogP contribution in [-0.4, -0.2) is 42.3 Å². The van der Waals surface area contributed by atoms with Crippen LogP contribution >= 0.6 is 0 Å².